The van der Waals surface area contributed by atoms with E-state index in [1.165, 1.54) is 6.07 Å². The fourth-order valence-electron chi connectivity index (χ4n) is 1.02. The Hall–Kier alpha value is -1.56. The number of alkyl halides is 3. The summed E-state index contributed by atoms with van der Waals surface area (Å²) in [6.07, 6.45) is -3.03. The SMILES string of the molecule is O=[N+]([O-])/C=C/c1cc(Cl)cc(C(F)(F)F)c1. The maximum absolute atomic E-state index is 12.3. The van der Waals surface area contributed by atoms with Gasteiger partial charge in [-0.3, -0.25) is 10.1 Å². The predicted molar refractivity (Wildman–Crippen MR) is 52.5 cm³/mol. The van der Waals surface area contributed by atoms with Crippen LogP contribution in [0.15, 0.2) is 24.4 Å². The summed E-state index contributed by atoms with van der Waals surface area (Å²) in [5, 5.41) is 9.88. The van der Waals surface area contributed by atoms with Crippen molar-refractivity contribution in [1.82, 2.24) is 0 Å². The molecule has 0 aliphatic rings. The maximum Gasteiger partial charge on any atom is 0.416 e. The molecule has 0 saturated carbocycles. The average molecular weight is 252 g/mol. The number of rotatable bonds is 2. The van der Waals surface area contributed by atoms with Crippen molar-refractivity contribution in [2.75, 3.05) is 0 Å². The van der Waals surface area contributed by atoms with Crippen LogP contribution in [0.5, 0.6) is 0 Å². The lowest BCUT2D eigenvalue weighted by Crippen LogP contribution is -2.04. The third-order valence-corrected chi connectivity index (χ3v) is 1.85. The van der Waals surface area contributed by atoms with Gasteiger partial charge in [-0.05, 0) is 23.8 Å². The third-order valence-electron chi connectivity index (χ3n) is 1.64. The Balaban J connectivity index is 3.13. The average Bonchev–Trinajstić information content (AvgIpc) is 2.12. The van der Waals surface area contributed by atoms with Crippen LogP contribution in [0, 0.1) is 10.1 Å². The fourth-order valence-corrected chi connectivity index (χ4v) is 1.26. The summed E-state index contributed by atoms with van der Waals surface area (Å²) in [6.45, 7) is 0. The molecule has 1 aromatic carbocycles. The van der Waals surface area contributed by atoms with Crippen LogP contribution in [0.2, 0.25) is 5.02 Å². The van der Waals surface area contributed by atoms with E-state index < -0.39 is 16.7 Å². The van der Waals surface area contributed by atoms with E-state index in [0.29, 0.717) is 6.20 Å². The highest BCUT2D eigenvalue weighted by molar-refractivity contribution is 6.30. The Morgan fingerprint density at radius 3 is 2.44 bits per heavy atom. The molecule has 1 aromatic rings. The van der Waals surface area contributed by atoms with Crippen LogP contribution >= 0.6 is 11.6 Å². The van der Waals surface area contributed by atoms with Crippen LogP contribution in [0.3, 0.4) is 0 Å². The molecule has 1 rings (SSSR count). The van der Waals surface area contributed by atoms with Crippen LogP contribution in [-0.4, -0.2) is 4.92 Å². The summed E-state index contributed by atoms with van der Waals surface area (Å²) in [5.74, 6) is 0. The van der Waals surface area contributed by atoms with Crippen molar-refractivity contribution in [3.8, 4) is 0 Å². The van der Waals surface area contributed by atoms with Gasteiger partial charge in [-0.25, -0.2) is 0 Å². The zero-order valence-corrected chi connectivity index (χ0v) is 8.42. The van der Waals surface area contributed by atoms with Crippen molar-refractivity contribution >= 4 is 17.7 Å². The van der Waals surface area contributed by atoms with Crippen molar-refractivity contribution in [2.45, 2.75) is 6.18 Å². The van der Waals surface area contributed by atoms with Crippen LogP contribution < -0.4 is 0 Å². The summed E-state index contributed by atoms with van der Waals surface area (Å²) < 4.78 is 37.0. The molecule has 0 unspecified atom stereocenters. The van der Waals surface area contributed by atoms with Gasteiger partial charge >= 0.3 is 6.18 Å². The van der Waals surface area contributed by atoms with Crippen LogP contribution in [0.25, 0.3) is 6.08 Å². The number of hydrogen-bond donors (Lipinski definition) is 0. The molecule has 0 atom stereocenters. The Kier molecular flexibility index (Phi) is 3.54. The van der Waals surface area contributed by atoms with E-state index in [4.69, 9.17) is 11.6 Å². The molecule has 0 bridgehead atoms. The van der Waals surface area contributed by atoms with Gasteiger partial charge in [-0.1, -0.05) is 11.6 Å². The first kappa shape index (κ1) is 12.5. The molecule has 0 heterocycles. The highest BCUT2D eigenvalue weighted by atomic mass is 35.5. The number of hydrogen-bond acceptors (Lipinski definition) is 2. The highest BCUT2D eigenvalue weighted by Crippen LogP contribution is 2.32. The summed E-state index contributed by atoms with van der Waals surface area (Å²) in [6, 6.07) is 2.74. The topological polar surface area (TPSA) is 43.1 Å². The molecule has 16 heavy (non-hydrogen) atoms. The zero-order valence-electron chi connectivity index (χ0n) is 7.66. The fraction of sp³-hybridized carbons (Fsp3) is 0.111. The first-order chi connectivity index (χ1) is 7.29. The highest BCUT2D eigenvalue weighted by Gasteiger charge is 2.30. The second-order valence-corrected chi connectivity index (χ2v) is 3.31. The lowest BCUT2D eigenvalue weighted by atomic mass is 10.1. The molecule has 0 aromatic heterocycles. The first-order valence-corrected chi connectivity index (χ1v) is 4.36. The standard InChI is InChI=1S/C9H5ClF3NO2/c10-8-4-6(1-2-14(15)16)3-7(5-8)9(11,12)13/h1-5H/b2-1+. The number of halogens is 4. The van der Waals surface area contributed by atoms with Crippen LogP contribution in [-0.2, 0) is 6.18 Å². The van der Waals surface area contributed by atoms with E-state index in [1.807, 2.05) is 0 Å². The van der Waals surface area contributed by atoms with Gasteiger partial charge in [0.1, 0.15) is 0 Å². The Labute approximate surface area is 93.3 Å². The van der Waals surface area contributed by atoms with Gasteiger partial charge in [-0.2, -0.15) is 13.2 Å². The monoisotopic (exact) mass is 251 g/mol. The molecular weight excluding hydrogens is 247 g/mol. The number of benzene rings is 1. The minimum absolute atomic E-state index is 0.0246. The van der Waals surface area contributed by atoms with Gasteiger partial charge in [0.2, 0.25) is 6.20 Å². The molecule has 0 aliphatic carbocycles. The van der Waals surface area contributed by atoms with Gasteiger partial charge in [0, 0.05) is 11.1 Å². The van der Waals surface area contributed by atoms with E-state index in [2.05, 4.69) is 0 Å². The second-order valence-electron chi connectivity index (χ2n) is 2.87. The molecule has 0 aliphatic heterocycles. The van der Waals surface area contributed by atoms with E-state index in [9.17, 15) is 23.3 Å². The lowest BCUT2D eigenvalue weighted by Gasteiger charge is -2.07. The van der Waals surface area contributed by atoms with Gasteiger partial charge in [-0.15, -0.1) is 0 Å². The van der Waals surface area contributed by atoms with Crippen molar-refractivity contribution < 1.29 is 18.1 Å². The molecular formula is C9H5ClF3NO2. The summed E-state index contributed by atoms with van der Waals surface area (Å²) in [5.41, 5.74) is -0.917. The molecule has 0 fully saturated rings. The Morgan fingerprint density at radius 2 is 1.94 bits per heavy atom. The minimum Gasteiger partial charge on any atom is -0.259 e. The summed E-state index contributed by atoms with van der Waals surface area (Å²) >= 11 is 5.47. The summed E-state index contributed by atoms with van der Waals surface area (Å²) in [4.78, 5) is 9.23. The van der Waals surface area contributed by atoms with Gasteiger partial charge < -0.3 is 0 Å². The second kappa shape index (κ2) is 4.52. The van der Waals surface area contributed by atoms with Crippen molar-refractivity contribution in [1.29, 1.82) is 0 Å². The molecule has 86 valence electrons. The quantitative estimate of drug-likeness (QED) is 0.595. The Morgan fingerprint density at radius 1 is 1.31 bits per heavy atom. The predicted octanol–water partition coefficient (Wildman–Crippen LogP) is 3.61. The molecule has 3 nitrogen and oxygen atoms in total. The first-order valence-electron chi connectivity index (χ1n) is 3.98. The van der Waals surface area contributed by atoms with Crippen molar-refractivity contribution in [3.63, 3.8) is 0 Å². The molecule has 0 N–H and O–H groups in total. The third kappa shape index (κ3) is 3.54. The van der Waals surface area contributed by atoms with Crippen LogP contribution in [0.4, 0.5) is 13.2 Å². The van der Waals surface area contributed by atoms with Crippen molar-refractivity contribution in [3.05, 3.63) is 50.7 Å². The molecule has 0 spiro atoms. The molecule has 0 radical (unpaired) electrons. The van der Waals surface area contributed by atoms with Crippen LogP contribution in [0.1, 0.15) is 11.1 Å². The van der Waals surface area contributed by atoms with Crippen molar-refractivity contribution in [2.24, 2.45) is 0 Å². The Bertz CT molecular complexity index is 443. The normalized spacial score (nSPS) is 12.0. The summed E-state index contributed by atoms with van der Waals surface area (Å²) in [7, 11) is 0. The number of nitrogens with zero attached hydrogens (tertiary/aromatic N) is 1. The van der Waals surface area contributed by atoms with Gasteiger partial charge in [0.05, 0.1) is 10.5 Å². The maximum atomic E-state index is 12.3. The van der Waals surface area contributed by atoms with Gasteiger partial charge in [0.25, 0.3) is 0 Å². The molecule has 0 saturated heterocycles. The molecule has 7 heteroatoms. The molecule has 0 amide bonds. The van der Waals surface area contributed by atoms with E-state index >= 15 is 0 Å². The van der Waals surface area contributed by atoms with E-state index in [0.717, 1.165) is 18.2 Å². The van der Waals surface area contributed by atoms with E-state index in [1.54, 1.807) is 0 Å². The lowest BCUT2D eigenvalue weighted by molar-refractivity contribution is -0.400. The van der Waals surface area contributed by atoms with Gasteiger partial charge in [0.15, 0.2) is 0 Å². The smallest absolute Gasteiger partial charge is 0.259 e. The zero-order chi connectivity index (χ0) is 12.3. The number of nitro groups is 1. The van der Waals surface area contributed by atoms with E-state index in [-0.39, 0.29) is 10.6 Å². The largest absolute Gasteiger partial charge is 0.416 e. The minimum atomic E-state index is -4.53.